The Morgan fingerprint density at radius 3 is 2.83 bits per heavy atom. The van der Waals surface area contributed by atoms with Crippen LogP contribution in [0, 0.1) is 0 Å². The molecular formula is C17H24ClN6O4PS. The van der Waals surface area contributed by atoms with Gasteiger partial charge in [0, 0.05) is 13.7 Å². The highest BCUT2D eigenvalue weighted by Crippen LogP contribution is 2.47. The lowest BCUT2D eigenvalue weighted by molar-refractivity contribution is -0.149. The number of hydrogen-bond donors (Lipinski definition) is 2. The molecule has 2 aromatic rings. The molecule has 1 aromatic heterocycles. The molecule has 3 rings (SSSR count). The molecule has 13 heteroatoms. The van der Waals surface area contributed by atoms with Crippen LogP contribution in [0.1, 0.15) is 20.8 Å². The molecule has 0 spiro atoms. The summed E-state index contributed by atoms with van der Waals surface area (Å²) in [4.78, 5) is 16.7. The van der Waals surface area contributed by atoms with Crippen molar-refractivity contribution in [2.75, 3.05) is 31.9 Å². The van der Waals surface area contributed by atoms with E-state index in [0.717, 1.165) is 11.7 Å². The van der Waals surface area contributed by atoms with Gasteiger partial charge in [0.25, 0.3) is 7.44 Å². The van der Waals surface area contributed by atoms with Gasteiger partial charge >= 0.3 is 5.97 Å². The van der Waals surface area contributed by atoms with Crippen LogP contribution in [0.5, 0.6) is 0 Å². The summed E-state index contributed by atoms with van der Waals surface area (Å²) in [6.45, 7) is 5.92. The van der Waals surface area contributed by atoms with E-state index < -0.39 is 19.5 Å². The summed E-state index contributed by atoms with van der Waals surface area (Å²) in [7, 11) is -1.94. The quantitative estimate of drug-likeness (QED) is 0.439. The second-order valence-corrected chi connectivity index (χ2v) is 10.3. The highest BCUT2D eigenvalue weighted by Gasteiger charge is 2.38. The van der Waals surface area contributed by atoms with E-state index in [1.165, 1.54) is 7.11 Å². The molecule has 1 aliphatic heterocycles. The van der Waals surface area contributed by atoms with Crippen molar-refractivity contribution < 1.29 is 18.8 Å². The van der Waals surface area contributed by atoms with Crippen molar-refractivity contribution in [3.05, 3.63) is 17.2 Å². The van der Waals surface area contributed by atoms with Crippen LogP contribution < -0.4 is 10.4 Å². The summed E-state index contributed by atoms with van der Waals surface area (Å²) in [5, 5.41) is 6.50. The number of benzene rings is 1. The third kappa shape index (κ3) is 4.92. The number of anilines is 1. The van der Waals surface area contributed by atoms with Gasteiger partial charge in [0.2, 0.25) is 5.96 Å². The first-order valence-electron chi connectivity index (χ1n) is 9.31. The number of aliphatic imine (C=N–C) groups is 1. The molecule has 1 aliphatic rings. The van der Waals surface area contributed by atoms with Crippen LogP contribution in [0.2, 0.25) is 5.02 Å². The Morgan fingerprint density at radius 2 is 2.13 bits per heavy atom. The zero-order valence-corrected chi connectivity index (χ0v) is 19.6. The van der Waals surface area contributed by atoms with Crippen molar-refractivity contribution >= 4 is 59.4 Å². The maximum Gasteiger partial charge on any atom is 0.323 e. The van der Waals surface area contributed by atoms with Gasteiger partial charge in [-0.2, -0.15) is 8.75 Å². The Morgan fingerprint density at radius 1 is 1.37 bits per heavy atom. The number of halogens is 1. The smallest absolute Gasteiger partial charge is 0.323 e. The Hall–Kier alpha value is -1.78. The van der Waals surface area contributed by atoms with E-state index in [-0.39, 0.29) is 12.5 Å². The normalized spacial score (nSPS) is 17.1. The molecule has 2 unspecified atom stereocenters. The van der Waals surface area contributed by atoms with Gasteiger partial charge < -0.3 is 14.8 Å². The van der Waals surface area contributed by atoms with Crippen molar-refractivity contribution in [2.24, 2.45) is 4.99 Å². The lowest BCUT2D eigenvalue weighted by Crippen LogP contribution is -2.42. The van der Waals surface area contributed by atoms with Crippen molar-refractivity contribution in [1.82, 2.24) is 18.5 Å². The third-order valence-corrected chi connectivity index (χ3v) is 7.65. The van der Waals surface area contributed by atoms with E-state index in [9.17, 15) is 9.36 Å². The molecule has 2 heterocycles. The molecule has 0 fully saturated rings. The van der Waals surface area contributed by atoms with E-state index in [1.54, 1.807) is 37.6 Å². The summed E-state index contributed by atoms with van der Waals surface area (Å²) in [6.07, 6.45) is -0.396. The fraction of sp³-hybridized carbons (Fsp3) is 0.529. The summed E-state index contributed by atoms with van der Waals surface area (Å²) in [5.74, 6) is -0.136. The average molecular weight is 475 g/mol. The predicted molar refractivity (Wildman–Crippen MR) is 118 cm³/mol. The number of methoxy groups -OCH3 is 1. The van der Waals surface area contributed by atoms with Gasteiger partial charge in [-0.3, -0.25) is 19.0 Å². The number of nitrogens with zero attached hydrogens (tertiary/aromatic N) is 4. The standard InChI is InChI=1S/C17H24ClN6O4PS/c1-10(2)28-16(25)11(3)21-29(26,9-27-4)24-8-7-19-17(24)20-14-12(18)5-6-13-15(14)23-30-22-13/h5-6,10-11H,7-9H2,1-4H3,(H,19,20)(H,21,26). The zero-order chi connectivity index (χ0) is 21.9. The molecule has 0 aliphatic carbocycles. The van der Waals surface area contributed by atoms with Crippen molar-refractivity contribution in [1.29, 1.82) is 0 Å². The maximum absolute atomic E-state index is 13.8. The summed E-state index contributed by atoms with van der Waals surface area (Å²) < 4.78 is 34.3. The number of rotatable bonds is 8. The topological polar surface area (TPSA) is 118 Å². The number of fused-ring (bicyclic) bond motifs is 1. The number of carbonyl (C=O) groups is 1. The number of hydrogen-bond acceptors (Lipinski definition) is 9. The minimum Gasteiger partial charge on any atom is -0.462 e. The van der Waals surface area contributed by atoms with Crippen molar-refractivity contribution in [3.8, 4) is 0 Å². The first-order chi connectivity index (χ1) is 14.2. The minimum absolute atomic E-state index is 0.122. The van der Waals surface area contributed by atoms with Gasteiger partial charge in [-0.15, -0.1) is 0 Å². The van der Waals surface area contributed by atoms with E-state index >= 15 is 0 Å². The molecule has 0 radical (unpaired) electrons. The zero-order valence-electron chi connectivity index (χ0n) is 17.1. The van der Waals surface area contributed by atoms with Gasteiger partial charge in [-0.25, -0.2) is 5.09 Å². The van der Waals surface area contributed by atoms with Crippen LogP contribution in [0.3, 0.4) is 0 Å². The van der Waals surface area contributed by atoms with Gasteiger partial charge in [0.05, 0.1) is 35.1 Å². The molecule has 2 N–H and O–H groups in total. The molecule has 0 bridgehead atoms. The van der Waals surface area contributed by atoms with Crippen LogP contribution in [-0.4, -0.2) is 64.0 Å². The maximum atomic E-state index is 13.8. The first-order valence-corrected chi connectivity index (χ1v) is 12.3. The Kier molecular flexibility index (Phi) is 7.30. The van der Waals surface area contributed by atoms with Crippen LogP contribution in [0.25, 0.3) is 11.0 Å². The van der Waals surface area contributed by atoms with E-state index in [4.69, 9.17) is 21.1 Å². The summed E-state index contributed by atoms with van der Waals surface area (Å²) in [6, 6.07) is 2.69. The molecule has 10 nitrogen and oxygen atoms in total. The highest BCUT2D eigenvalue weighted by molar-refractivity contribution is 7.60. The van der Waals surface area contributed by atoms with E-state index in [1.807, 2.05) is 0 Å². The van der Waals surface area contributed by atoms with Gasteiger partial charge in [0.15, 0.2) is 0 Å². The van der Waals surface area contributed by atoms with E-state index in [0.29, 0.717) is 40.8 Å². The van der Waals surface area contributed by atoms with Crippen LogP contribution in [0.4, 0.5) is 5.69 Å². The molecule has 0 amide bonds. The summed E-state index contributed by atoms with van der Waals surface area (Å²) >= 11 is 7.44. The average Bonchev–Trinajstić information content (AvgIpc) is 3.33. The van der Waals surface area contributed by atoms with E-state index in [2.05, 4.69) is 24.1 Å². The number of carbonyl (C=O) groups excluding carboxylic acids is 1. The van der Waals surface area contributed by atoms with Crippen LogP contribution in [0.15, 0.2) is 17.1 Å². The van der Waals surface area contributed by atoms with Gasteiger partial charge in [0.1, 0.15) is 23.4 Å². The highest BCUT2D eigenvalue weighted by atomic mass is 35.5. The van der Waals surface area contributed by atoms with Crippen LogP contribution >= 0.6 is 30.8 Å². The van der Waals surface area contributed by atoms with Gasteiger partial charge in [-0.05, 0) is 32.9 Å². The second kappa shape index (κ2) is 9.57. The Labute approximate surface area is 183 Å². The molecule has 164 valence electrons. The number of aromatic nitrogens is 2. The number of ether oxygens (including phenoxy) is 2. The fourth-order valence-electron chi connectivity index (χ4n) is 2.96. The molecular weight excluding hydrogens is 451 g/mol. The molecule has 30 heavy (non-hydrogen) atoms. The molecule has 1 aromatic carbocycles. The largest absolute Gasteiger partial charge is 0.462 e. The molecule has 0 saturated carbocycles. The molecule has 0 saturated heterocycles. The first kappa shape index (κ1) is 22.9. The number of esters is 1. The fourth-order valence-corrected chi connectivity index (χ4v) is 5.94. The molecule has 2 atom stereocenters. The van der Waals surface area contributed by atoms with Crippen LogP contribution in [-0.2, 0) is 18.8 Å². The number of guanidine groups is 1. The van der Waals surface area contributed by atoms with Gasteiger partial charge in [-0.1, -0.05) is 11.6 Å². The predicted octanol–water partition coefficient (Wildman–Crippen LogP) is 3.15. The lowest BCUT2D eigenvalue weighted by atomic mass is 10.2. The summed E-state index contributed by atoms with van der Waals surface area (Å²) in [5.41, 5.74) is 1.83. The van der Waals surface area contributed by atoms with Crippen molar-refractivity contribution in [3.63, 3.8) is 0 Å². The Bertz CT molecular complexity index is 1000. The SMILES string of the molecule is COCP(=O)(NC(C)C(=O)OC(C)C)N1CCN=C1Nc1c(Cl)ccc2nsnc12. The van der Waals surface area contributed by atoms with Crippen molar-refractivity contribution in [2.45, 2.75) is 32.9 Å². The third-order valence-electron chi connectivity index (χ3n) is 4.23. The lowest BCUT2D eigenvalue weighted by Gasteiger charge is -2.32. The minimum atomic E-state index is -3.38. The number of nitrogens with one attached hydrogen (secondary N) is 2. The Balaban J connectivity index is 1.85. The second-order valence-electron chi connectivity index (χ2n) is 6.96. The monoisotopic (exact) mass is 474 g/mol.